The maximum Gasteiger partial charge on any atom is 0.412 e. The first-order valence-electron chi connectivity index (χ1n) is 14.4. The smallest absolute Gasteiger partial charge is 0.412 e. The van der Waals surface area contributed by atoms with Crippen molar-refractivity contribution in [3.05, 3.63) is 121 Å². The molecule has 0 saturated carbocycles. The summed E-state index contributed by atoms with van der Waals surface area (Å²) >= 11 is 1.60. The van der Waals surface area contributed by atoms with Crippen LogP contribution in [0.15, 0.2) is 120 Å². The summed E-state index contributed by atoms with van der Waals surface area (Å²) in [5, 5.41) is 14.8. The number of hydrogen-bond acceptors (Lipinski definition) is 8. The first kappa shape index (κ1) is 33.0. The summed E-state index contributed by atoms with van der Waals surface area (Å²) < 4.78 is 18.1. The van der Waals surface area contributed by atoms with E-state index in [1.807, 2.05) is 66.9 Å². The predicted octanol–water partition coefficient (Wildman–Crippen LogP) is 7.07. The van der Waals surface area contributed by atoms with Gasteiger partial charge in [-0.2, -0.15) is 0 Å². The first-order chi connectivity index (χ1) is 21.9. The van der Waals surface area contributed by atoms with Crippen LogP contribution in [-0.4, -0.2) is 42.7 Å². The number of allylic oxidation sites excluding steroid dienone is 1. The highest BCUT2D eigenvalue weighted by Gasteiger charge is 2.29. The van der Waals surface area contributed by atoms with Gasteiger partial charge in [0.15, 0.2) is 6.10 Å². The van der Waals surface area contributed by atoms with E-state index in [1.54, 1.807) is 60.3 Å². The molecule has 45 heavy (non-hydrogen) atoms. The number of carbonyl (C=O) groups excluding carboxylic acids is 2. The van der Waals surface area contributed by atoms with Crippen LogP contribution in [0.5, 0.6) is 11.5 Å². The Labute approximate surface area is 267 Å². The standard InChI is InChI=1S/C35H37N3O6S/c1-45-29-20-18-26(19-21-29)37-35(41)44-34(25-10-9-13-28(24-25)42-23-22-39)32(43-27-11-3-2-4-12-27)16-7-8-17-33(40)38-31-15-6-5-14-30(31)36/h2-6,8-15,17-21,24,32,34,39H,7,16,22-23,36H2,1H3,(H,37,41)(H,38,40)/b17-8+/t32-,34-/m0/s1. The molecule has 0 bridgehead atoms. The quantitative estimate of drug-likeness (QED) is 0.0625. The molecular weight excluding hydrogens is 590 g/mol. The number of carbonyl (C=O) groups is 2. The number of para-hydroxylation sites is 3. The van der Waals surface area contributed by atoms with Crippen molar-refractivity contribution in [2.45, 2.75) is 29.9 Å². The second-order valence-corrected chi connectivity index (χ2v) is 10.7. The van der Waals surface area contributed by atoms with E-state index in [-0.39, 0.29) is 19.1 Å². The number of hydrogen-bond donors (Lipinski definition) is 4. The number of nitrogens with two attached hydrogens (primary N) is 1. The maximum atomic E-state index is 13.2. The topological polar surface area (TPSA) is 132 Å². The molecule has 2 amide bonds. The zero-order valence-corrected chi connectivity index (χ0v) is 25.7. The number of anilines is 3. The summed E-state index contributed by atoms with van der Waals surface area (Å²) in [4.78, 5) is 26.9. The Bertz CT molecular complexity index is 1550. The molecule has 0 radical (unpaired) electrons. The molecule has 9 nitrogen and oxygen atoms in total. The number of thioether (sulfide) groups is 1. The van der Waals surface area contributed by atoms with Crippen LogP contribution >= 0.6 is 11.8 Å². The minimum absolute atomic E-state index is 0.118. The SMILES string of the molecule is CSc1ccc(NC(=O)O[C@@H](c2cccc(OCCO)c2)[C@H](CC/C=C/C(=O)Nc2ccccc2N)Oc2ccccc2)cc1. The monoisotopic (exact) mass is 627 g/mol. The fraction of sp³-hybridized carbons (Fsp3) is 0.200. The van der Waals surface area contributed by atoms with Gasteiger partial charge in [-0.15, -0.1) is 11.8 Å². The molecule has 0 saturated heterocycles. The van der Waals surface area contributed by atoms with Gasteiger partial charge < -0.3 is 30.4 Å². The van der Waals surface area contributed by atoms with E-state index >= 15 is 0 Å². The lowest BCUT2D eigenvalue weighted by molar-refractivity contribution is -0.111. The van der Waals surface area contributed by atoms with Gasteiger partial charge in [0, 0.05) is 10.6 Å². The van der Waals surface area contributed by atoms with Crippen LogP contribution in [0.25, 0.3) is 0 Å². The fourth-order valence-electron chi connectivity index (χ4n) is 4.42. The molecule has 4 aromatic rings. The highest BCUT2D eigenvalue weighted by molar-refractivity contribution is 7.98. The zero-order valence-electron chi connectivity index (χ0n) is 24.9. The first-order valence-corrected chi connectivity index (χ1v) is 15.7. The molecule has 0 aliphatic heterocycles. The number of nitrogens with one attached hydrogen (secondary N) is 2. The summed E-state index contributed by atoms with van der Waals surface area (Å²) in [5.41, 5.74) is 8.17. The summed E-state index contributed by atoms with van der Waals surface area (Å²) in [6.45, 7) is -0.0225. The van der Waals surface area contributed by atoms with E-state index in [0.717, 1.165) is 4.90 Å². The zero-order chi connectivity index (χ0) is 31.9. The van der Waals surface area contributed by atoms with Crippen LogP contribution in [0.1, 0.15) is 24.5 Å². The minimum atomic E-state index is -0.861. The number of aliphatic hydroxyl groups excluding tert-OH is 1. The summed E-state index contributed by atoms with van der Waals surface area (Å²) in [7, 11) is 0. The second-order valence-electron chi connectivity index (χ2n) is 9.85. The third-order valence-corrected chi connectivity index (χ3v) is 7.33. The number of amides is 2. The lowest BCUT2D eigenvalue weighted by atomic mass is 9.99. The fourth-order valence-corrected chi connectivity index (χ4v) is 4.83. The van der Waals surface area contributed by atoms with Crippen molar-refractivity contribution in [3.8, 4) is 11.5 Å². The van der Waals surface area contributed by atoms with Gasteiger partial charge in [-0.25, -0.2) is 4.79 Å². The lowest BCUT2D eigenvalue weighted by Gasteiger charge is -2.28. The number of rotatable bonds is 15. The molecule has 0 aliphatic carbocycles. The minimum Gasteiger partial charge on any atom is -0.491 e. The predicted molar refractivity (Wildman–Crippen MR) is 179 cm³/mol. The molecule has 0 aromatic heterocycles. The third-order valence-electron chi connectivity index (χ3n) is 6.59. The van der Waals surface area contributed by atoms with Gasteiger partial charge in [-0.1, -0.05) is 48.5 Å². The average molecular weight is 628 g/mol. The van der Waals surface area contributed by atoms with Gasteiger partial charge in [0.25, 0.3) is 0 Å². The molecule has 5 N–H and O–H groups in total. The number of nitrogen functional groups attached to an aromatic ring is 1. The van der Waals surface area contributed by atoms with Crippen molar-refractivity contribution in [3.63, 3.8) is 0 Å². The van der Waals surface area contributed by atoms with Gasteiger partial charge in [-0.05, 0) is 91.4 Å². The number of ether oxygens (including phenoxy) is 3. The van der Waals surface area contributed by atoms with Crippen LogP contribution < -0.4 is 25.8 Å². The van der Waals surface area contributed by atoms with Crippen LogP contribution in [0.4, 0.5) is 21.9 Å². The Morgan fingerprint density at radius 2 is 1.64 bits per heavy atom. The highest BCUT2D eigenvalue weighted by atomic mass is 32.2. The van der Waals surface area contributed by atoms with Crippen molar-refractivity contribution < 1.29 is 28.9 Å². The van der Waals surface area contributed by atoms with E-state index in [0.29, 0.717) is 47.0 Å². The molecule has 4 aromatic carbocycles. The van der Waals surface area contributed by atoms with Crippen molar-refractivity contribution in [1.29, 1.82) is 0 Å². The van der Waals surface area contributed by atoms with Crippen molar-refractivity contribution >= 4 is 40.8 Å². The van der Waals surface area contributed by atoms with E-state index in [2.05, 4.69) is 10.6 Å². The highest BCUT2D eigenvalue weighted by Crippen LogP contribution is 2.31. The van der Waals surface area contributed by atoms with E-state index < -0.39 is 18.3 Å². The van der Waals surface area contributed by atoms with E-state index in [4.69, 9.17) is 19.9 Å². The molecule has 10 heteroatoms. The Balaban J connectivity index is 1.56. The maximum absolute atomic E-state index is 13.2. The third kappa shape index (κ3) is 10.6. The van der Waals surface area contributed by atoms with Gasteiger partial charge in [0.1, 0.15) is 24.2 Å². The molecule has 0 fully saturated rings. The molecule has 0 spiro atoms. The second kappa shape index (κ2) is 17.4. The van der Waals surface area contributed by atoms with Crippen LogP contribution in [0.2, 0.25) is 0 Å². The van der Waals surface area contributed by atoms with Gasteiger partial charge >= 0.3 is 6.09 Å². The average Bonchev–Trinajstić information content (AvgIpc) is 3.06. The van der Waals surface area contributed by atoms with Crippen molar-refractivity contribution in [1.82, 2.24) is 0 Å². The van der Waals surface area contributed by atoms with Gasteiger partial charge in [0.2, 0.25) is 5.91 Å². The molecule has 2 atom stereocenters. The normalized spacial score (nSPS) is 12.2. The van der Waals surface area contributed by atoms with Crippen LogP contribution in [0.3, 0.4) is 0 Å². The van der Waals surface area contributed by atoms with Crippen LogP contribution in [-0.2, 0) is 9.53 Å². The Kier molecular flexibility index (Phi) is 12.7. The largest absolute Gasteiger partial charge is 0.491 e. The summed E-state index contributed by atoms with van der Waals surface area (Å²) in [6.07, 6.45) is 3.82. The molecule has 0 aliphatic rings. The number of benzene rings is 4. The summed E-state index contributed by atoms with van der Waals surface area (Å²) in [5.74, 6) is 0.790. The van der Waals surface area contributed by atoms with E-state index in [9.17, 15) is 14.7 Å². The molecular formula is C35H37N3O6S. The Morgan fingerprint density at radius 3 is 2.38 bits per heavy atom. The molecule has 0 heterocycles. The van der Waals surface area contributed by atoms with Gasteiger partial charge in [0.05, 0.1) is 18.0 Å². The molecule has 4 rings (SSSR count). The Morgan fingerprint density at radius 1 is 0.911 bits per heavy atom. The van der Waals surface area contributed by atoms with Gasteiger partial charge in [-0.3, -0.25) is 10.1 Å². The van der Waals surface area contributed by atoms with Crippen LogP contribution in [0, 0.1) is 0 Å². The lowest BCUT2D eigenvalue weighted by Crippen LogP contribution is -2.31. The summed E-state index contributed by atoms with van der Waals surface area (Å²) in [6, 6.07) is 30.9. The van der Waals surface area contributed by atoms with E-state index in [1.165, 1.54) is 6.08 Å². The van der Waals surface area contributed by atoms with Crippen molar-refractivity contribution in [2.75, 3.05) is 35.8 Å². The Hall–Kier alpha value is -4.93. The molecule has 234 valence electrons. The van der Waals surface area contributed by atoms with Crippen molar-refractivity contribution in [2.24, 2.45) is 0 Å². The molecule has 0 unspecified atom stereocenters. The number of aliphatic hydroxyl groups is 1.